The molecule has 0 aliphatic carbocycles. The average Bonchev–Trinajstić information content (AvgIpc) is 2.19. The monoisotopic (exact) mass is 193 g/mol. The highest BCUT2D eigenvalue weighted by Crippen LogP contribution is 2.09. The predicted molar refractivity (Wildman–Crippen MR) is 56.0 cm³/mol. The number of nitrogens with one attached hydrogen (secondary N) is 2. The summed E-state index contributed by atoms with van der Waals surface area (Å²) in [6.07, 6.45) is 4.05. The van der Waals surface area contributed by atoms with Gasteiger partial charge in [-0.3, -0.25) is 0 Å². The molecular formula is C9H15N5. The molecule has 1 unspecified atom stereocenters. The van der Waals surface area contributed by atoms with Crippen LogP contribution in [-0.4, -0.2) is 29.1 Å². The maximum absolute atomic E-state index is 5.49. The highest BCUT2D eigenvalue weighted by molar-refractivity contribution is 5.38. The molecule has 1 aromatic rings. The van der Waals surface area contributed by atoms with E-state index in [4.69, 9.17) is 5.73 Å². The maximum atomic E-state index is 5.49. The number of nitrogen functional groups attached to an aromatic ring is 1. The largest absolute Gasteiger partial charge is 0.368 e. The van der Waals surface area contributed by atoms with Crippen LogP contribution in [0.5, 0.6) is 0 Å². The number of anilines is 2. The van der Waals surface area contributed by atoms with Gasteiger partial charge in [0.05, 0.1) is 0 Å². The van der Waals surface area contributed by atoms with Crippen molar-refractivity contribution in [3.05, 3.63) is 12.3 Å². The standard InChI is InChI=1S/C9H15N5/c10-9-12-5-3-8(14-9)13-7-2-1-4-11-6-7/h3,5,7,11H,1-2,4,6H2,(H3,10,12,13,14). The molecule has 76 valence electrons. The smallest absolute Gasteiger partial charge is 0.221 e. The molecule has 0 radical (unpaired) electrons. The summed E-state index contributed by atoms with van der Waals surface area (Å²) < 4.78 is 0. The van der Waals surface area contributed by atoms with Gasteiger partial charge in [-0.1, -0.05) is 0 Å². The Morgan fingerprint density at radius 2 is 2.50 bits per heavy atom. The molecule has 2 rings (SSSR count). The zero-order valence-electron chi connectivity index (χ0n) is 8.03. The van der Waals surface area contributed by atoms with Crippen molar-refractivity contribution in [3.63, 3.8) is 0 Å². The average molecular weight is 193 g/mol. The minimum atomic E-state index is 0.318. The van der Waals surface area contributed by atoms with Crippen molar-refractivity contribution >= 4 is 11.8 Å². The van der Waals surface area contributed by atoms with Crippen LogP contribution in [0, 0.1) is 0 Å². The molecule has 1 aromatic heterocycles. The first-order valence-electron chi connectivity index (χ1n) is 4.90. The lowest BCUT2D eigenvalue weighted by Crippen LogP contribution is -2.38. The van der Waals surface area contributed by atoms with Crippen LogP contribution in [-0.2, 0) is 0 Å². The van der Waals surface area contributed by atoms with Gasteiger partial charge in [0.25, 0.3) is 0 Å². The van der Waals surface area contributed by atoms with Crippen LogP contribution in [0.2, 0.25) is 0 Å². The Balaban J connectivity index is 1.95. The Morgan fingerprint density at radius 3 is 3.21 bits per heavy atom. The summed E-state index contributed by atoms with van der Waals surface area (Å²) in [5.74, 6) is 1.13. The molecule has 0 amide bonds. The molecule has 0 bridgehead atoms. The van der Waals surface area contributed by atoms with Crippen molar-refractivity contribution < 1.29 is 0 Å². The van der Waals surface area contributed by atoms with Gasteiger partial charge in [0, 0.05) is 18.8 Å². The Morgan fingerprint density at radius 1 is 1.57 bits per heavy atom. The minimum absolute atomic E-state index is 0.318. The molecule has 1 fully saturated rings. The summed E-state index contributed by atoms with van der Waals surface area (Å²) in [4.78, 5) is 7.94. The number of rotatable bonds is 2. The zero-order chi connectivity index (χ0) is 9.80. The third kappa shape index (κ3) is 2.32. The van der Waals surface area contributed by atoms with Gasteiger partial charge in [0.1, 0.15) is 5.82 Å². The van der Waals surface area contributed by atoms with E-state index in [1.165, 1.54) is 12.8 Å². The maximum Gasteiger partial charge on any atom is 0.221 e. The molecular weight excluding hydrogens is 178 g/mol. The van der Waals surface area contributed by atoms with Crippen molar-refractivity contribution in [3.8, 4) is 0 Å². The highest BCUT2D eigenvalue weighted by Gasteiger charge is 2.12. The Labute approximate surface area is 83.1 Å². The molecule has 2 heterocycles. The molecule has 1 atom stereocenters. The Bertz CT molecular complexity index is 295. The molecule has 1 aliphatic rings. The van der Waals surface area contributed by atoms with Crippen molar-refractivity contribution in [2.75, 3.05) is 24.1 Å². The van der Waals surface area contributed by atoms with E-state index in [0.29, 0.717) is 12.0 Å². The lowest BCUT2D eigenvalue weighted by atomic mass is 10.1. The fraction of sp³-hybridized carbons (Fsp3) is 0.556. The fourth-order valence-corrected chi connectivity index (χ4v) is 1.64. The van der Waals surface area contributed by atoms with E-state index in [2.05, 4.69) is 20.6 Å². The third-order valence-electron chi connectivity index (χ3n) is 2.32. The Hall–Kier alpha value is -1.36. The number of nitrogens with zero attached hydrogens (tertiary/aromatic N) is 2. The molecule has 4 N–H and O–H groups in total. The SMILES string of the molecule is Nc1nccc(NC2CCCNC2)n1. The lowest BCUT2D eigenvalue weighted by Gasteiger charge is -2.24. The van der Waals surface area contributed by atoms with Crippen LogP contribution in [0.4, 0.5) is 11.8 Å². The molecule has 0 aromatic carbocycles. The van der Waals surface area contributed by atoms with Gasteiger partial charge >= 0.3 is 0 Å². The number of hydrogen-bond acceptors (Lipinski definition) is 5. The predicted octanol–water partition coefficient (Wildman–Crippen LogP) is 0.223. The molecule has 14 heavy (non-hydrogen) atoms. The first-order valence-corrected chi connectivity index (χ1v) is 4.90. The molecule has 1 saturated heterocycles. The van der Waals surface area contributed by atoms with Crippen LogP contribution >= 0.6 is 0 Å². The van der Waals surface area contributed by atoms with Gasteiger partial charge < -0.3 is 16.4 Å². The van der Waals surface area contributed by atoms with Crippen LogP contribution in [0.1, 0.15) is 12.8 Å². The summed E-state index contributed by atoms with van der Waals surface area (Å²) in [5.41, 5.74) is 5.49. The summed E-state index contributed by atoms with van der Waals surface area (Å²) in [6.45, 7) is 2.11. The second kappa shape index (κ2) is 4.23. The van der Waals surface area contributed by atoms with Crippen LogP contribution < -0.4 is 16.4 Å². The van der Waals surface area contributed by atoms with Gasteiger partial charge in [0.15, 0.2) is 0 Å². The third-order valence-corrected chi connectivity index (χ3v) is 2.32. The summed E-state index contributed by atoms with van der Waals surface area (Å²) in [5, 5.41) is 6.66. The number of nitrogens with two attached hydrogens (primary N) is 1. The fourth-order valence-electron chi connectivity index (χ4n) is 1.64. The molecule has 5 heteroatoms. The summed E-state index contributed by atoms with van der Waals surface area (Å²) in [6, 6.07) is 2.29. The first-order chi connectivity index (χ1) is 6.84. The van der Waals surface area contributed by atoms with Crippen molar-refractivity contribution in [2.45, 2.75) is 18.9 Å². The molecule has 1 aliphatic heterocycles. The molecule has 0 saturated carbocycles. The van der Waals surface area contributed by atoms with Gasteiger partial charge in [-0.05, 0) is 25.5 Å². The van der Waals surface area contributed by atoms with E-state index in [9.17, 15) is 0 Å². The van der Waals surface area contributed by atoms with Gasteiger partial charge in [-0.2, -0.15) is 4.98 Å². The second-order valence-electron chi connectivity index (χ2n) is 3.49. The van der Waals surface area contributed by atoms with Crippen LogP contribution in [0.25, 0.3) is 0 Å². The van der Waals surface area contributed by atoms with Crippen molar-refractivity contribution in [1.82, 2.24) is 15.3 Å². The Kier molecular flexibility index (Phi) is 2.78. The van der Waals surface area contributed by atoms with Gasteiger partial charge in [-0.15, -0.1) is 0 Å². The lowest BCUT2D eigenvalue weighted by molar-refractivity contribution is 0.479. The minimum Gasteiger partial charge on any atom is -0.368 e. The quantitative estimate of drug-likeness (QED) is 0.626. The van der Waals surface area contributed by atoms with E-state index >= 15 is 0 Å². The van der Waals surface area contributed by atoms with Crippen LogP contribution in [0.3, 0.4) is 0 Å². The zero-order valence-corrected chi connectivity index (χ0v) is 8.03. The molecule has 0 spiro atoms. The van der Waals surface area contributed by atoms with E-state index in [-0.39, 0.29) is 0 Å². The number of piperidine rings is 1. The van der Waals surface area contributed by atoms with E-state index in [1.54, 1.807) is 6.20 Å². The number of aromatic nitrogens is 2. The van der Waals surface area contributed by atoms with E-state index in [0.717, 1.165) is 18.9 Å². The molecule has 5 nitrogen and oxygen atoms in total. The summed E-state index contributed by atoms with van der Waals surface area (Å²) in [7, 11) is 0. The van der Waals surface area contributed by atoms with Crippen molar-refractivity contribution in [1.29, 1.82) is 0 Å². The first kappa shape index (κ1) is 9.21. The van der Waals surface area contributed by atoms with Crippen molar-refractivity contribution in [2.24, 2.45) is 0 Å². The van der Waals surface area contributed by atoms with Gasteiger partial charge in [0.2, 0.25) is 5.95 Å². The van der Waals surface area contributed by atoms with E-state index in [1.807, 2.05) is 6.07 Å². The number of hydrogen-bond donors (Lipinski definition) is 3. The van der Waals surface area contributed by atoms with Crippen LogP contribution in [0.15, 0.2) is 12.3 Å². The normalized spacial score (nSPS) is 21.9. The van der Waals surface area contributed by atoms with Gasteiger partial charge in [-0.25, -0.2) is 4.98 Å². The summed E-state index contributed by atoms with van der Waals surface area (Å²) >= 11 is 0. The van der Waals surface area contributed by atoms with E-state index < -0.39 is 0 Å². The highest BCUT2D eigenvalue weighted by atomic mass is 15.1. The topological polar surface area (TPSA) is 75.9 Å². The second-order valence-corrected chi connectivity index (χ2v) is 3.49.